The number of aryl methyl sites for hydroxylation is 2. The smallest absolute Gasteiger partial charge is 0.126 e. The van der Waals surface area contributed by atoms with Gasteiger partial charge in [0.05, 0.1) is 15.9 Å². The number of aromatic nitrogens is 2. The number of thiophene rings is 1. The summed E-state index contributed by atoms with van der Waals surface area (Å²) < 4.78 is 1.20. The first-order chi connectivity index (χ1) is 6.27. The molecule has 0 aliphatic carbocycles. The van der Waals surface area contributed by atoms with Gasteiger partial charge in [0.15, 0.2) is 0 Å². The molecule has 0 saturated carbocycles. The highest BCUT2D eigenvalue weighted by Gasteiger charge is 2.01. The third-order valence-electron chi connectivity index (χ3n) is 1.58. The van der Waals surface area contributed by atoms with Gasteiger partial charge >= 0.3 is 0 Å². The van der Waals surface area contributed by atoms with Crippen molar-refractivity contribution in [2.45, 2.75) is 27.7 Å². The summed E-state index contributed by atoms with van der Waals surface area (Å²) in [6, 6.07) is 2.03. The molecule has 0 aliphatic heterocycles. The lowest BCUT2D eigenvalue weighted by molar-refractivity contribution is 1.05. The second kappa shape index (κ2) is 4.33. The summed E-state index contributed by atoms with van der Waals surface area (Å²) in [6.45, 7) is 7.94. The van der Waals surface area contributed by atoms with E-state index in [-0.39, 0.29) is 0 Å². The average Bonchev–Trinajstić information content (AvgIpc) is 2.55. The van der Waals surface area contributed by atoms with Crippen LogP contribution in [0.4, 0.5) is 0 Å². The molecule has 0 N–H and O–H groups in total. The zero-order valence-electron chi connectivity index (χ0n) is 8.46. The summed E-state index contributed by atoms with van der Waals surface area (Å²) >= 11 is 1.70. The number of hydrogen-bond donors (Lipinski definition) is 0. The van der Waals surface area contributed by atoms with Crippen LogP contribution in [-0.2, 0) is 0 Å². The monoisotopic (exact) mass is 194 g/mol. The fourth-order valence-corrected chi connectivity index (χ4v) is 1.94. The molecular formula is C10H14N2S. The van der Waals surface area contributed by atoms with Crippen molar-refractivity contribution < 1.29 is 0 Å². The van der Waals surface area contributed by atoms with Crippen molar-refractivity contribution in [3.63, 3.8) is 0 Å². The molecule has 0 fully saturated rings. The Morgan fingerprint density at radius 2 is 1.85 bits per heavy atom. The second-order valence-electron chi connectivity index (χ2n) is 2.49. The van der Waals surface area contributed by atoms with Crippen molar-refractivity contribution in [3.8, 4) is 0 Å². The highest BCUT2D eigenvalue weighted by molar-refractivity contribution is 7.17. The Bertz CT molecular complexity index is 393. The van der Waals surface area contributed by atoms with Gasteiger partial charge in [-0.15, -0.1) is 11.3 Å². The van der Waals surface area contributed by atoms with Crippen LogP contribution in [0.15, 0.2) is 11.4 Å². The summed E-state index contributed by atoms with van der Waals surface area (Å²) in [4.78, 5) is 8.57. The van der Waals surface area contributed by atoms with Gasteiger partial charge in [-0.1, -0.05) is 13.8 Å². The van der Waals surface area contributed by atoms with Crippen molar-refractivity contribution >= 4 is 21.6 Å². The third-order valence-corrected chi connectivity index (χ3v) is 2.60. The minimum absolute atomic E-state index is 0.855. The molecule has 2 aromatic rings. The molecule has 2 aromatic heterocycles. The van der Waals surface area contributed by atoms with E-state index in [1.165, 1.54) is 4.70 Å². The average molecular weight is 194 g/mol. The van der Waals surface area contributed by atoms with Crippen LogP contribution in [0.25, 0.3) is 10.2 Å². The van der Waals surface area contributed by atoms with Crippen molar-refractivity contribution in [1.82, 2.24) is 9.97 Å². The maximum Gasteiger partial charge on any atom is 0.126 e. The Labute approximate surface area is 82.7 Å². The zero-order valence-corrected chi connectivity index (χ0v) is 9.27. The molecule has 2 nitrogen and oxygen atoms in total. The molecule has 0 atom stereocenters. The summed E-state index contributed by atoms with van der Waals surface area (Å²) in [6.07, 6.45) is 0. The summed E-state index contributed by atoms with van der Waals surface area (Å²) in [7, 11) is 0. The first-order valence-electron chi connectivity index (χ1n) is 4.46. The van der Waals surface area contributed by atoms with E-state index < -0.39 is 0 Å². The van der Waals surface area contributed by atoms with Gasteiger partial charge in [0.25, 0.3) is 0 Å². The molecule has 0 unspecified atom stereocenters. The van der Waals surface area contributed by atoms with Crippen LogP contribution in [0.5, 0.6) is 0 Å². The zero-order chi connectivity index (χ0) is 9.84. The first kappa shape index (κ1) is 10.1. The molecule has 0 saturated heterocycles. The standard InChI is InChI=1S/C8H8N2S.C2H6/c1-5-8-7(3-4-11-8)10-6(2)9-5;1-2/h3-4H,1-2H3;1-2H3. The molecule has 2 rings (SSSR count). The van der Waals surface area contributed by atoms with E-state index in [4.69, 9.17) is 0 Å². The normalized spacial score (nSPS) is 9.54. The van der Waals surface area contributed by atoms with Gasteiger partial charge in [-0.05, 0) is 25.3 Å². The Balaban J connectivity index is 0.000000396. The first-order valence-corrected chi connectivity index (χ1v) is 5.34. The molecule has 13 heavy (non-hydrogen) atoms. The molecule has 0 bridgehead atoms. The second-order valence-corrected chi connectivity index (χ2v) is 3.41. The van der Waals surface area contributed by atoms with E-state index in [1.54, 1.807) is 11.3 Å². The van der Waals surface area contributed by atoms with E-state index in [2.05, 4.69) is 9.97 Å². The van der Waals surface area contributed by atoms with Crippen molar-refractivity contribution in [2.75, 3.05) is 0 Å². The topological polar surface area (TPSA) is 25.8 Å². The van der Waals surface area contributed by atoms with Crippen LogP contribution in [-0.4, -0.2) is 9.97 Å². The van der Waals surface area contributed by atoms with Gasteiger partial charge in [-0.3, -0.25) is 0 Å². The fraction of sp³-hybridized carbons (Fsp3) is 0.400. The summed E-state index contributed by atoms with van der Waals surface area (Å²) in [5.74, 6) is 0.855. The molecule has 70 valence electrons. The number of nitrogens with zero attached hydrogens (tertiary/aromatic N) is 2. The van der Waals surface area contributed by atoms with Crippen molar-refractivity contribution in [3.05, 3.63) is 23.0 Å². The molecule has 0 amide bonds. The molecule has 0 aromatic carbocycles. The summed E-state index contributed by atoms with van der Waals surface area (Å²) in [5.41, 5.74) is 2.16. The molecule has 0 aliphatic rings. The largest absolute Gasteiger partial charge is 0.237 e. The van der Waals surface area contributed by atoms with Crippen molar-refractivity contribution in [2.24, 2.45) is 0 Å². The van der Waals surface area contributed by atoms with Crippen LogP contribution >= 0.6 is 11.3 Å². The summed E-state index contributed by atoms with van der Waals surface area (Å²) in [5, 5.41) is 2.05. The molecule has 0 radical (unpaired) electrons. The minimum Gasteiger partial charge on any atom is -0.237 e. The Kier molecular flexibility index (Phi) is 3.37. The highest BCUT2D eigenvalue weighted by atomic mass is 32.1. The van der Waals surface area contributed by atoms with E-state index in [0.29, 0.717) is 0 Å². The third kappa shape index (κ3) is 2.04. The van der Waals surface area contributed by atoms with Gasteiger partial charge in [-0.2, -0.15) is 0 Å². The molecule has 2 heterocycles. The number of rotatable bonds is 0. The molecular weight excluding hydrogens is 180 g/mol. The maximum atomic E-state index is 4.30. The van der Waals surface area contributed by atoms with Gasteiger partial charge < -0.3 is 0 Å². The van der Waals surface area contributed by atoms with E-state index >= 15 is 0 Å². The van der Waals surface area contributed by atoms with Gasteiger partial charge in [0, 0.05) is 0 Å². The fourth-order valence-electron chi connectivity index (χ4n) is 1.15. The Morgan fingerprint density at radius 3 is 2.54 bits per heavy atom. The van der Waals surface area contributed by atoms with Crippen LogP contribution < -0.4 is 0 Å². The molecule has 0 spiro atoms. The predicted molar refractivity (Wildman–Crippen MR) is 58.2 cm³/mol. The SMILES string of the molecule is CC.Cc1nc(C)c2sccc2n1. The van der Waals surface area contributed by atoms with E-state index in [0.717, 1.165) is 17.0 Å². The van der Waals surface area contributed by atoms with Crippen LogP contribution in [0, 0.1) is 13.8 Å². The van der Waals surface area contributed by atoms with Gasteiger partial charge in [0.1, 0.15) is 5.82 Å². The molecule has 3 heteroatoms. The van der Waals surface area contributed by atoms with Crippen LogP contribution in [0.3, 0.4) is 0 Å². The lowest BCUT2D eigenvalue weighted by atomic mass is 10.4. The lowest BCUT2D eigenvalue weighted by Gasteiger charge is -1.95. The van der Waals surface area contributed by atoms with Crippen LogP contribution in [0.2, 0.25) is 0 Å². The highest BCUT2D eigenvalue weighted by Crippen LogP contribution is 2.20. The van der Waals surface area contributed by atoms with Gasteiger partial charge in [0.2, 0.25) is 0 Å². The van der Waals surface area contributed by atoms with Crippen molar-refractivity contribution in [1.29, 1.82) is 0 Å². The quantitative estimate of drug-likeness (QED) is 0.643. The van der Waals surface area contributed by atoms with E-state index in [9.17, 15) is 0 Å². The lowest BCUT2D eigenvalue weighted by Crippen LogP contribution is -1.89. The van der Waals surface area contributed by atoms with Crippen LogP contribution in [0.1, 0.15) is 25.4 Å². The Morgan fingerprint density at radius 1 is 1.15 bits per heavy atom. The Hall–Kier alpha value is -0.960. The van der Waals surface area contributed by atoms with Gasteiger partial charge in [-0.25, -0.2) is 9.97 Å². The maximum absolute atomic E-state index is 4.30. The predicted octanol–water partition coefficient (Wildman–Crippen LogP) is 3.33. The minimum atomic E-state index is 0.855. The van der Waals surface area contributed by atoms with E-state index in [1.807, 2.05) is 39.1 Å². The number of hydrogen-bond acceptors (Lipinski definition) is 3. The number of fused-ring (bicyclic) bond motifs is 1.